The molecular formula is C10H12BrFO. The Balaban J connectivity index is 3.10. The predicted molar refractivity (Wildman–Crippen MR) is 54.4 cm³/mol. The summed E-state index contributed by atoms with van der Waals surface area (Å²) in [5, 5.41) is 8.82. The van der Waals surface area contributed by atoms with Crippen molar-refractivity contribution in [2.45, 2.75) is 19.5 Å². The van der Waals surface area contributed by atoms with Crippen LogP contribution in [0.25, 0.3) is 0 Å². The summed E-state index contributed by atoms with van der Waals surface area (Å²) in [6.07, 6.45) is 0. The Labute approximate surface area is 85.7 Å². The first-order valence-electron chi connectivity index (χ1n) is 4.04. The lowest BCUT2D eigenvalue weighted by molar-refractivity contribution is 0.0867. The molecule has 0 spiro atoms. The molecule has 0 aromatic heterocycles. The lowest BCUT2D eigenvalue weighted by Gasteiger charge is -2.18. The summed E-state index contributed by atoms with van der Waals surface area (Å²) in [5.41, 5.74) is -0.110. The summed E-state index contributed by atoms with van der Waals surface area (Å²) in [7, 11) is 0. The van der Waals surface area contributed by atoms with Gasteiger partial charge in [-0.3, -0.25) is 0 Å². The highest BCUT2D eigenvalue weighted by atomic mass is 79.9. The molecule has 3 heteroatoms. The first-order valence-corrected chi connectivity index (χ1v) is 4.83. The van der Waals surface area contributed by atoms with E-state index in [2.05, 4.69) is 15.9 Å². The number of aliphatic hydroxyl groups excluding tert-OH is 1. The first kappa shape index (κ1) is 10.7. The quantitative estimate of drug-likeness (QED) is 0.851. The Morgan fingerprint density at radius 3 is 2.62 bits per heavy atom. The summed E-state index contributed by atoms with van der Waals surface area (Å²) in [6.45, 7) is 2.80. The minimum atomic E-state index is -1.66. The molecule has 1 rings (SSSR count). The van der Waals surface area contributed by atoms with Gasteiger partial charge in [0.05, 0.1) is 6.61 Å². The van der Waals surface area contributed by atoms with Gasteiger partial charge in [0.15, 0.2) is 5.67 Å². The lowest BCUT2D eigenvalue weighted by Crippen LogP contribution is -2.20. The molecule has 0 saturated carbocycles. The minimum Gasteiger partial charge on any atom is -0.393 e. The van der Waals surface area contributed by atoms with Gasteiger partial charge in [-0.2, -0.15) is 0 Å². The molecule has 0 bridgehead atoms. The van der Waals surface area contributed by atoms with Crippen LogP contribution in [0.2, 0.25) is 0 Å². The van der Waals surface area contributed by atoms with Crippen LogP contribution in [0.5, 0.6) is 0 Å². The van der Waals surface area contributed by atoms with Gasteiger partial charge in [-0.25, -0.2) is 4.39 Å². The second kappa shape index (κ2) is 3.76. The van der Waals surface area contributed by atoms with Gasteiger partial charge in [-0.05, 0) is 31.0 Å². The maximum atomic E-state index is 13.6. The van der Waals surface area contributed by atoms with Crippen LogP contribution in [-0.4, -0.2) is 11.7 Å². The van der Waals surface area contributed by atoms with E-state index in [9.17, 15) is 4.39 Å². The Kier molecular flexibility index (Phi) is 3.09. The van der Waals surface area contributed by atoms with E-state index in [0.717, 1.165) is 10.0 Å². The predicted octanol–water partition coefficient (Wildman–Crippen LogP) is 2.93. The fourth-order valence-electron chi connectivity index (χ4n) is 1.01. The highest BCUT2D eigenvalue weighted by Crippen LogP contribution is 2.28. The molecule has 1 atom stereocenters. The average Bonchev–Trinajstić information content (AvgIpc) is 2.09. The van der Waals surface area contributed by atoms with Crippen molar-refractivity contribution in [2.24, 2.45) is 0 Å². The maximum absolute atomic E-state index is 13.6. The van der Waals surface area contributed by atoms with Gasteiger partial charge >= 0.3 is 0 Å². The van der Waals surface area contributed by atoms with Crippen LogP contribution in [0.3, 0.4) is 0 Å². The van der Waals surface area contributed by atoms with Crippen molar-refractivity contribution in [2.75, 3.05) is 6.61 Å². The standard InChI is InChI=1S/C10H12BrFO/c1-7-3-4-8(5-9(7)11)10(2,12)6-13/h3-5,13H,6H2,1-2H3. The fraction of sp³-hybridized carbons (Fsp3) is 0.400. The van der Waals surface area contributed by atoms with Crippen LogP contribution in [0, 0.1) is 6.92 Å². The minimum absolute atomic E-state index is 0.493. The van der Waals surface area contributed by atoms with Gasteiger partial charge in [0.2, 0.25) is 0 Å². The summed E-state index contributed by atoms with van der Waals surface area (Å²) < 4.78 is 14.5. The van der Waals surface area contributed by atoms with Gasteiger partial charge in [0, 0.05) is 4.47 Å². The Bertz CT molecular complexity index is 310. The average molecular weight is 247 g/mol. The highest BCUT2D eigenvalue weighted by Gasteiger charge is 2.24. The topological polar surface area (TPSA) is 20.2 Å². The van der Waals surface area contributed by atoms with Crippen LogP contribution in [0.15, 0.2) is 22.7 Å². The summed E-state index contributed by atoms with van der Waals surface area (Å²) >= 11 is 3.32. The third-order valence-electron chi connectivity index (χ3n) is 2.07. The zero-order chi connectivity index (χ0) is 10.1. The van der Waals surface area contributed by atoms with E-state index in [1.54, 1.807) is 12.1 Å². The van der Waals surface area contributed by atoms with Gasteiger partial charge < -0.3 is 5.11 Å². The molecule has 0 aliphatic heterocycles. The summed E-state index contributed by atoms with van der Waals surface area (Å²) in [5.74, 6) is 0. The largest absolute Gasteiger partial charge is 0.393 e. The molecule has 0 saturated heterocycles. The highest BCUT2D eigenvalue weighted by molar-refractivity contribution is 9.10. The molecule has 1 nitrogen and oxygen atoms in total. The summed E-state index contributed by atoms with van der Waals surface area (Å²) in [4.78, 5) is 0. The second-order valence-electron chi connectivity index (χ2n) is 3.32. The zero-order valence-corrected chi connectivity index (χ0v) is 9.23. The maximum Gasteiger partial charge on any atom is 0.156 e. The van der Waals surface area contributed by atoms with Gasteiger partial charge in [0.25, 0.3) is 0 Å². The molecular weight excluding hydrogens is 235 g/mol. The lowest BCUT2D eigenvalue weighted by atomic mass is 9.98. The zero-order valence-electron chi connectivity index (χ0n) is 7.64. The molecule has 0 amide bonds. The molecule has 0 radical (unpaired) electrons. The number of aryl methyl sites for hydroxylation is 1. The Hall–Kier alpha value is -0.410. The van der Waals surface area contributed by atoms with Crippen molar-refractivity contribution in [1.29, 1.82) is 0 Å². The molecule has 0 heterocycles. The molecule has 72 valence electrons. The van der Waals surface area contributed by atoms with Crippen molar-refractivity contribution >= 4 is 15.9 Å². The van der Waals surface area contributed by atoms with E-state index in [-0.39, 0.29) is 0 Å². The van der Waals surface area contributed by atoms with E-state index in [1.807, 2.05) is 13.0 Å². The summed E-state index contributed by atoms with van der Waals surface area (Å²) in [6, 6.07) is 5.22. The fourth-order valence-corrected chi connectivity index (χ4v) is 1.39. The first-order chi connectivity index (χ1) is 5.97. The Morgan fingerprint density at radius 2 is 2.15 bits per heavy atom. The molecule has 0 aliphatic rings. The number of rotatable bonds is 2. The molecule has 1 unspecified atom stereocenters. The second-order valence-corrected chi connectivity index (χ2v) is 4.17. The third-order valence-corrected chi connectivity index (χ3v) is 2.93. The molecule has 1 aromatic carbocycles. The van der Waals surface area contributed by atoms with Crippen molar-refractivity contribution in [1.82, 2.24) is 0 Å². The van der Waals surface area contributed by atoms with Crippen molar-refractivity contribution in [3.8, 4) is 0 Å². The number of hydrogen-bond acceptors (Lipinski definition) is 1. The van der Waals surface area contributed by atoms with Gasteiger partial charge in [-0.15, -0.1) is 0 Å². The van der Waals surface area contributed by atoms with Crippen molar-refractivity contribution in [3.05, 3.63) is 33.8 Å². The SMILES string of the molecule is Cc1ccc(C(C)(F)CO)cc1Br. The smallest absolute Gasteiger partial charge is 0.156 e. The van der Waals surface area contributed by atoms with E-state index >= 15 is 0 Å². The van der Waals surface area contributed by atoms with Crippen LogP contribution >= 0.6 is 15.9 Å². The number of benzene rings is 1. The molecule has 13 heavy (non-hydrogen) atoms. The molecule has 1 N–H and O–H groups in total. The number of halogens is 2. The monoisotopic (exact) mass is 246 g/mol. The molecule has 1 aromatic rings. The number of aliphatic hydroxyl groups is 1. The van der Waals surface area contributed by atoms with Crippen LogP contribution < -0.4 is 0 Å². The van der Waals surface area contributed by atoms with Gasteiger partial charge in [-0.1, -0.05) is 28.1 Å². The van der Waals surface area contributed by atoms with E-state index in [0.29, 0.717) is 5.56 Å². The van der Waals surface area contributed by atoms with Crippen LogP contribution in [0.4, 0.5) is 4.39 Å². The van der Waals surface area contributed by atoms with Crippen LogP contribution in [0.1, 0.15) is 18.1 Å². The molecule has 0 fully saturated rings. The van der Waals surface area contributed by atoms with Gasteiger partial charge in [0.1, 0.15) is 0 Å². The van der Waals surface area contributed by atoms with E-state index in [1.165, 1.54) is 6.92 Å². The third kappa shape index (κ3) is 2.29. The van der Waals surface area contributed by atoms with Crippen molar-refractivity contribution < 1.29 is 9.50 Å². The normalized spacial score (nSPS) is 15.5. The number of hydrogen-bond donors (Lipinski definition) is 1. The van der Waals surface area contributed by atoms with Crippen LogP contribution in [-0.2, 0) is 5.67 Å². The Morgan fingerprint density at radius 1 is 1.54 bits per heavy atom. The van der Waals surface area contributed by atoms with Crippen molar-refractivity contribution in [3.63, 3.8) is 0 Å². The molecule has 0 aliphatic carbocycles. The van der Waals surface area contributed by atoms with E-state index < -0.39 is 12.3 Å². The van der Waals surface area contributed by atoms with E-state index in [4.69, 9.17) is 5.11 Å². The number of alkyl halides is 1.